The predicted molar refractivity (Wildman–Crippen MR) is 83.4 cm³/mol. The van der Waals surface area contributed by atoms with Gasteiger partial charge in [-0.05, 0) is 35.7 Å². The summed E-state index contributed by atoms with van der Waals surface area (Å²) < 4.78 is 6.17. The summed E-state index contributed by atoms with van der Waals surface area (Å²) in [6.45, 7) is 16.0. The van der Waals surface area contributed by atoms with E-state index in [1.807, 2.05) is 6.08 Å². The molecular weight excluding hydrogens is 236 g/mol. The summed E-state index contributed by atoms with van der Waals surface area (Å²) in [5, 5.41) is 0.291. The molecule has 0 unspecified atom stereocenters. The van der Waals surface area contributed by atoms with Crippen molar-refractivity contribution in [2.75, 3.05) is 6.61 Å². The van der Waals surface area contributed by atoms with Crippen molar-refractivity contribution in [1.82, 2.24) is 0 Å². The Bertz CT molecular complexity index is 385. The Labute approximate surface area is 113 Å². The minimum absolute atomic E-state index is 0.291. The molecule has 0 atom stereocenters. The van der Waals surface area contributed by atoms with Gasteiger partial charge in [0.25, 0.3) is 0 Å². The fraction of sp³-hybridized carbons (Fsp3) is 0.500. The molecule has 0 fully saturated rings. The van der Waals surface area contributed by atoms with Gasteiger partial charge < -0.3 is 4.43 Å². The summed E-state index contributed by atoms with van der Waals surface area (Å²) in [4.78, 5) is 0. The highest BCUT2D eigenvalue weighted by Crippen LogP contribution is 2.36. The first-order valence-corrected chi connectivity index (χ1v) is 9.52. The molecule has 2 heteroatoms. The fourth-order valence-corrected chi connectivity index (χ4v) is 2.51. The quantitative estimate of drug-likeness (QED) is 0.686. The van der Waals surface area contributed by atoms with E-state index >= 15 is 0 Å². The molecule has 0 aromatic heterocycles. The van der Waals surface area contributed by atoms with Crippen LogP contribution < -0.4 is 0 Å². The third-order valence-corrected chi connectivity index (χ3v) is 8.41. The minimum Gasteiger partial charge on any atom is -0.416 e. The van der Waals surface area contributed by atoms with E-state index in [-0.39, 0.29) is 0 Å². The first-order chi connectivity index (χ1) is 8.26. The number of hydrogen-bond acceptors (Lipinski definition) is 1. The highest BCUT2D eigenvalue weighted by Gasteiger charge is 2.36. The van der Waals surface area contributed by atoms with Crippen LogP contribution in [0.4, 0.5) is 0 Å². The third-order valence-electron chi connectivity index (χ3n) is 3.88. The van der Waals surface area contributed by atoms with Crippen molar-refractivity contribution in [3.05, 3.63) is 42.0 Å². The van der Waals surface area contributed by atoms with Crippen molar-refractivity contribution in [3.8, 4) is 0 Å². The molecule has 1 nitrogen and oxygen atoms in total. The summed E-state index contributed by atoms with van der Waals surface area (Å²) in [6.07, 6.45) is 2.86. The molecular formula is C16H26OSi. The van der Waals surface area contributed by atoms with Crippen LogP contribution in [-0.4, -0.2) is 14.9 Å². The molecule has 0 N–H and O–H groups in total. The molecule has 0 saturated carbocycles. The first kappa shape index (κ1) is 15.2. The maximum Gasteiger partial charge on any atom is 0.191 e. The number of hydrogen-bond donors (Lipinski definition) is 0. The maximum atomic E-state index is 6.17. The van der Waals surface area contributed by atoms with Crippen LogP contribution in [0.25, 0.3) is 6.08 Å². The lowest BCUT2D eigenvalue weighted by Crippen LogP contribution is -2.41. The topological polar surface area (TPSA) is 9.23 Å². The molecule has 0 spiro atoms. The van der Waals surface area contributed by atoms with Crippen LogP contribution in [0.5, 0.6) is 0 Å². The van der Waals surface area contributed by atoms with Crippen LogP contribution in [0.3, 0.4) is 0 Å². The fourth-order valence-electron chi connectivity index (χ4n) is 1.46. The van der Waals surface area contributed by atoms with Gasteiger partial charge in [0.15, 0.2) is 8.32 Å². The Morgan fingerprint density at radius 2 is 1.72 bits per heavy atom. The first-order valence-electron chi connectivity index (χ1n) is 6.61. The van der Waals surface area contributed by atoms with E-state index < -0.39 is 8.32 Å². The molecule has 0 aliphatic carbocycles. The van der Waals surface area contributed by atoms with Gasteiger partial charge >= 0.3 is 0 Å². The van der Waals surface area contributed by atoms with Gasteiger partial charge in [-0.3, -0.25) is 0 Å². The average molecular weight is 262 g/mol. The zero-order valence-electron chi connectivity index (χ0n) is 12.4. The lowest BCUT2D eigenvalue weighted by molar-refractivity contribution is 0.292. The Balaban J connectivity index is 2.48. The van der Waals surface area contributed by atoms with Gasteiger partial charge in [-0.2, -0.15) is 0 Å². The second-order valence-corrected chi connectivity index (χ2v) is 11.1. The summed E-state index contributed by atoms with van der Waals surface area (Å²) in [5.41, 5.74) is 2.50. The Hall–Kier alpha value is -0.863. The van der Waals surface area contributed by atoms with Crippen LogP contribution in [-0.2, 0) is 10.8 Å². The van der Waals surface area contributed by atoms with E-state index in [0.717, 1.165) is 13.0 Å². The van der Waals surface area contributed by atoms with Gasteiger partial charge in [0.05, 0.1) is 0 Å². The monoisotopic (exact) mass is 262 g/mol. The summed E-state index contributed by atoms with van der Waals surface area (Å²) in [5.74, 6) is 0. The van der Waals surface area contributed by atoms with E-state index in [1.165, 1.54) is 11.1 Å². The van der Waals surface area contributed by atoms with Crippen molar-refractivity contribution in [3.63, 3.8) is 0 Å². The summed E-state index contributed by atoms with van der Waals surface area (Å²) >= 11 is 0. The highest BCUT2D eigenvalue weighted by atomic mass is 28.4. The van der Waals surface area contributed by atoms with Gasteiger partial charge in [-0.1, -0.05) is 57.7 Å². The van der Waals surface area contributed by atoms with E-state index in [1.54, 1.807) is 0 Å². The maximum absolute atomic E-state index is 6.17. The molecule has 0 heterocycles. The normalized spacial score (nSPS) is 12.5. The Morgan fingerprint density at radius 1 is 1.17 bits per heavy atom. The second-order valence-electron chi connectivity index (χ2n) is 6.30. The number of rotatable bonds is 5. The second kappa shape index (κ2) is 5.85. The van der Waals surface area contributed by atoms with Crippen molar-refractivity contribution in [1.29, 1.82) is 0 Å². The van der Waals surface area contributed by atoms with Gasteiger partial charge in [0.2, 0.25) is 0 Å². The molecule has 100 valence electrons. The lowest BCUT2D eigenvalue weighted by atomic mass is 10.1. The van der Waals surface area contributed by atoms with Gasteiger partial charge in [0, 0.05) is 6.61 Å². The minimum atomic E-state index is -1.59. The van der Waals surface area contributed by atoms with Crippen molar-refractivity contribution < 1.29 is 4.43 Å². The summed E-state index contributed by atoms with van der Waals surface area (Å²) in [7, 11) is -1.59. The molecule has 0 aliphatic heterocycles. The smallest absolute Gasteiger partial charge is 0.191 e. The largest absolute Gasteiger partial charge is 0.416 e. The highest BCUT2D eigenvalue weighted by molar-refractivity contribution is 6.74. The van der Waals surface area contributed by atoms with E-state index in [0.29, 0.717) is 5.04 Å². The SMILES string of the molecule is C=Cc1ccc(CCO[Si](C)(C)C(C)(C)C)cc1. The van der Waals surface area contributed by atoms with E-state index in [4.69, 9.17) is 4.43 Å². The molecule has 0 saturated heterocycles. The van der Waals surface area contributed by atoms with Crippen LogP contribution in [0, 0.1) is 0 Å². The molecule has 0 bridgehead atoms. The zero-order chi connectivity index (χ0) is 13.8. The lowest BCUT2D eigenvalue weighted by Gasteiger charge is -2.36. The van der Waals surface area contributed by atoms with Crippen LogP contribution in [0.2, 0.25) is 18.1 Å². The van der Waals surface area contributed by atoms with Gasteiger partial charge in [-0.25, -0.2) is 0 Å². The van der Waals surface area contributed by atoms with Gasteiger partial charge in [-0.15, -0.1) is 0 Å². The molecule has 1 rings (SSSR count). The van der Waals surface area contributed by atoms with Crippen LogP contribution in [0.1, 0.15) is 31.9 Å². The Morgan fingerprint density at radius 3 is 2.17 bits per heavy atom. The molecule has 18 heavy (non-hydrogen) atoms. The molecule has 0 radical (unpaired) electrons. The molecule has 1 aromatic rings. The van der Waals surface area contributed by atoms with E-state index in [2.05, 4.69) is 64.7 Å². The van der Waals surface area contributed by atoms with Crippen molar-refractivity contribution in [2.45, 2.75) is 45.3 Å². The average Bonchev–Trinajstić information content (AvgIpc) is 2.28. The molecule has 1 aromatic carbocycles. The number of benzene rings is 1. The molecule has 0 amide bonds. The van der Waals surface area contributed by atoms with Crippen molar-refractivity contribution in [2.24, 2.45) is 0 Å². The van der Waals surface area contributed by atoms with Crippen molar-refractivity contribution >= 4 is 14.4 Å². The third kappa shape index (κ3) is 4.11. The zero-order valence-corrected chi connectivity index (χ0v) is 13.4. The van der Waals surface area contributed by atoms with Crippen LogP contribution >= 0.6 is 0 Å². The Kier molecular flexibility index (Phi) is 4.94. The van der Waals surface area contributed by atoms with E-state index in [9.17, 15) is 0 Å². The predicted octanol–water partition coefficient (Wildman–Crippen LogP) is 4.89. The van der Waals surface area contributed by atoms with Gasteiger partial charge in [0.1, 0.15) is 0 Å². The molecule has 0 aliphatic rings. The van der Waals surface area contributed by atoms with Crippen LogP contribution in [0.15, 0.2) is 30.8 Å². The summed E-state index contributed by atoms with van der Waals surface area (Å²) in [6, 6.07) is 8.53. The standard InChI is InChI=1S/C16H26OSi/c1-7-14-8-10-15(11-9-14)12-13-17-18(5,6)16(2,3)4/h7-11H,1,12-13H2,2-6H3.